The number of amides is 1. The fourth-order valence-electron chi connectivity index (χ4n) is 5.44. The van der Waals surface area contributed by atoms with Crippen molar-refractivity contribution < 1.29 is 18.7 Å². The number of aromatic nitrogens is 1. The number of pyridine rings is 1. The van der Waals surface area contributed by atoms with Crippen molar-refractivity contribution in [1.82, 2.24) is 9.88 Å². The zero-order valence-electron chi connectivity index (χ0n) is 21.9. The molecule has 2 aromatic rings. The lowest BCUT2D eigenvalue weighted by atomic mass is 9.90. The van der Waals surface area contributed by atoms with Gasteiger partial charge in [0.05, 0.1) is 19.6 Å². The Labute approximate surface area is 214 Å². The Kier molecular flexibility index (Phi) is 9.19. The Hall–Kier alpha value is -2.67. The number of hydrogen-bond donors (Lipinski definition) is 0. The minimum Gasteiger partial charge on any atom is -0.493 e. The Morgan fingerprint density at radius 2 is 2.03 bits per heavy atom. The van der Waals surface area contributed by atoms with E-state index in [1.165, 1.54) is 25.3 Å². The van der Waals surface area contributed by atoms with Crippen LogP contribution in [-0.4, -0.2) is 56.2 Å². The molecule has 4 rings (SSSR count). The van der Waals surface area contributed by atoms with Gasteiger partial charge in [0.1, 0.15) is 17.4 Å². The fraction of sp³-hybridized carbons (Fsp3) is 0.586. The molecule has 1 saturated carbocycles. The highest BCUT2D eigenvalue weighted by atomic mass is 19.1. The molecule has 2 aliphatic rings. The Morgan fingerprint density at radius 1 is 1.22 bits per heavy atom. The average Bonchev–Trinajstić information content (AvgIpc) is 3.66. The summed E-state index contributed by atoms with van der Waals surface area (Å²) >= 11 is 0. The summed E-state index contributed by atoms with van der Waals surface area (Å²) in [5, 5.41) is 0. The number of benzene rings is 1. The maximum absolute atomic E-state index is 14.5. The van der Waals surface area contributed by atoms with Gasteiger partial charge in [-0.3, -0.25) is 4.79 Å². The normalized spacial score (nSPS) is 19.8. The van der Waals surface area contributed by atoms with E-state index in [1.807, 2.05) is 13.1 Å². The topological polar surface area (TPSA) is 54.9 Å². The molecule has 1 saturated heterocycles. The van der Waals surface area contributed by atoms with E-state index in [9.17, 15) is 9.18 Å². The van der Waals surface area contributed by atoms with E-state index in [-0.39, 0.29) is 18.1 Å². The molecule has 36 heavy (non-hydrogen) atoms. The summed E-state index contributed by atoms with van der Waals surface area (Å²) in [4.78, 5) is 20.9. The summed E-state index contributed by atoms with van der Waals surface area (Å²) in [6.45, 7) is 6.02. The largest absolute Gasteiger partial charge is 0.493 e. The van der Waals surface area contributed by atoms with Gasteiger partial charge in [-0.05, 0) is 73.1 Å². The van der Waals surface area contributed by atoms with Crippen LogP contribution < -0.4 is 9.64 Å². The number of piperidine rings is 1. The summed E-state index contributed by atoms with van der Waals surface area (Å²) in [7, 11) is 3.46. The second kappa shape index (κ2) is 12.5. The van der Waals surface area contributed by atoms with Gasteiger partial charge in [0.15, 0.2) is 0 Å². The van der Waals surface area contributed by atoms with Crippen LogP contribution >= 0.6 is 0 Å². The van der Waals surface area contributed by atoms with E-state index in [0.29, 0.717) is 37.0 Å². The summed E-state index contributed by atoms with van der Waals surface area (Å²) in [5.74, 6) is 3.45. The molecule has 2 unspecified atom stereocenters. The van der Waals surface area contributed by atoms with E-state index in [2.05, 4.69) is 22.0 Å². The average molecular weight is 498 g/mol. The summed E-state index contributed by atoms with van der Waals surface area (Å²) in [6.07, 6.45) is 7.59. The maximum Gasteiger partial charge on any atom is 0.226 e. The molecule has 1 amide bonds. The molecular formula is C29H40FN3O3. The number of anilines is 1. The molecule has 6 nitrogen and oxygen atoms in total. The van der Waals surface area contributed by atoms with Gasteiger partial charge in [-0.2, -0.15) is 0 Å². The fourth-order valence-corrected chi connectivity index (χ4v) is 5.44. The Morgan fingerprint density at radius 3 is 2.69 bits per heavy atom. The van der Waals surface area contributed by atoms with Gasteiger partial charge in [0.2, 0.25) is 5.91 Å². The smallest absolute Gasteiger partial charge is 0.226 e. The van der Waals surface area contributed by atoms with Crippen LogP contribution in [0.4, 0.5) is 10.2 Å². The van der Waals surface area contributed by atoms with Gasteiger partial charge in [0, 0.05) is 46.1 Å². The molecule has 0 spiro atoms. The van der Waals surface area contributed by atoms with Gasteiger partial charge >= 0.3 is 0 Å². The lowest BCUT2D eigenvalue weighted by Crippen LogP contribution is -2.35. The van der Waals surface area contributed by atoms with E-state index in [0.717, 1.165) is 49.1 Å². The van der Waals surface area contributed by atoms with Crippen molar-refractivity contribution in [3.8, 4) is 5.75 Å². The predicted molar refractivity (Wildman–Crippen MR) is 140 cm³/mol. The van der Waals surface area contributed by atoms with E-state index >= 15 is 0 Å². The van der Waals surface area contributed by atoms with Crippen molar-refractivity contribution >= 4 is 11.7 Å². The van der Waals surface area contributed by atoms with Crippen LogP contribution in [0, 0.1) is 23.6 Å². The van der Waals surface area contributed by atoms with Crippen LogP contribution in [-0.2, 0) is 22.6 Å². The van der Waals surface area contributed by atoms with Crippen LogP contribution in [0.2, 0.25) is 0 Å². The maximum atomic E-state index is 14.5. The number of halogens is 1. The third-order valence-electron chi connectivity index (χ3n) is 7.67. The van der Waals surface area contributed by atoms with E-state index in [4.69, 9.17) is 9.47 Å². The van der Waals surface area contributed by atoms with Crippen LogP contribution in [0.3, 0.4) is 0 Å². The second-order valence-electron chi connectivity index (χ2n) is 10.3. The van der Waals surface area contributed by atoms with E-state index in [1.54, 1.807) is 31.2 Å². The first-order valence-electron chi connectivity index (χ1n) is 13.3. The Balaban J connectivity index is 1.16. The molecule has 1 aromatic carbocycles. The predicted octanol–water partition coefficient (Wildman–Crippen LogP) is 5.10. The highest BCUT2D eigenvalue weighted by Crippen LogP contribution is 2.50. The zero-order chi connectivity index (χ0) is 25.5. The quantitative estimate of drug-likeness (QED) is 0.408. The number of carbonyl (C=O) groups is 1. The molecule has 0 N–H and O–H groups in total. The van der Waals surface area contributed by atoms with Crippen molar-refractivity contribution in [2.45, 2.75) is 52.1 Å². The first-order chi connectivity index (χ1) is 17.5. The number of likely N-dealkylation sites (N-methyl/N-ethyl adjacent to an activating group) is 1. The number of carbonyl (C=O) groups excluding carboxylic acids is 1. The molecule has 2 atom stereocenters. The van der Waals surface area contributed by atoms with Gasteiger partial charge in [-0.1, -0.05) is 19.1 Å². The number of rotatable bonds is 12. The molecular weight excluding hydrogens is 457 g/mol. The van der Waals surface area contributed by atoms with Crippen molar-refractivity contribution in [1.29, 1.82) is 0 Å². The minimum absolute atomic E-state index is 0.0636. The monoisotopic (exact) mass is 497 g/mol. The molecule has 1 aliphatic carbocycles. The van der Waals surface area contributed by atoms with Crippen LogP contribution in [0.25, 0.3) is 0 Å². The second-order valence-corrected chi connectivity index (χ2v) is 10.3. The SMILES string of the molecule is CCCN(C)C(=O)Cc1ccc(OCCC2CC2C2CCN(c3ccc(COC)cn3)CC2)cc1F. The molecule has 1 aliphatic heterocycles. The lowest BCUT2D eigenvalue weighted by molar-refractivity contribution is -0.129. The van der Waals surface area contributed by atoms with Gasteiger partial charge in [-0.25, -0.2) is 9.37 Å². The first-order valence-corrected chi connectivity index (χ1v) is 13.3. The summed E-state index contributed by atoms with van der Waals surface area (Å²) in [6, 6.07) is 9.07. The molecule has 2 heterocycles. The highest BCUT2D eigenvalue weighted by Gasteiger charge is 2.43. The van der Waals surface area contributed by atoms with E-state index < -0.39 is 0 Å². The number of ether oxygens (including phenoxy) is 2. The minimum atomic E-state index is -0.371. The first kappa shape index (κ1) is 26.4. The van der Waals surface area contributed by atoms with Crippen molar-refractivity contribution in [3.05, 3.63) is 53.5 Å². The van der Waals surface area contributed by atoms with Crippen molar-refractivity contribution in [3.63, 3.8) is 0 Å². The standard InChI is InChI=1S/C29H40FN3O3/c1-4-12-32(2)29(34)17-24-6-7-25(18-27(24)30)36-15-11-23-16-26(23)22-9-13-33(14-10-22)28-8-5-21(19-31-28)20-35-3/h5-8,18-19,22-23,26H,4,9-17,20H2,1-3H3. The third kappa shape index (κ3) is 6.96. The molecule has 0 radical (unpaired) electrons. The lowest BCUT2D eigenvalue weighted by Gasteiger charge is -2.33. The number of methoxy groups -OCH3 is 1. The summed E-state index contributed by atoms with van der Waals surface area (Å²) < 4.78 is 25.5. The van der Waals surface area contributed by atoms with Crippen molar-refractivity contribution in [2.75, 3.05) is 45.3 Å². The van der Waals surface area contributed by atoms with Crippen LogP contribution in [0.15, 0.2) is 36.5 Å². The summed E-state index contributed by atoms with van der Waals surface area (Å²) in [5.41, 5.74) is 1.52. The zero-order valence-corrected chi connectivity index (χ0v) is 21.9. The van der Waals surface area contributed by atoms with Gasteiger partial charge in [-0.15, -0.1) is 0 Å². The van der Waals surface area contributed by atoms with Crippen LogP contribution in [0.1, 0.15) is 50.2 Å². The third-order valence-corrected chi connectivity index (χ3v) is 7.67. The highest BCUT2D eigenvalue weighted by molar-refractivity contribution is 5.78. The van der Waals surface area contributed by atoms with Crippen LogP contribution in [0.5, 0.6) is 5.75 Å². The molecule has 1 aromatic heterocycles. The Bertz CT molecular complexity index is 992. The van der Waals surface area contributed by atoms with Crippen molar-refractivity contribution in [2.24, 2.45) is 17.8 Å². The molecule has 0 bridgehead atoms. The number of hydrogen-bond acceptors (Lipinski definition) is 5. The van der Waals surface area contributed by atoms with Gasteiger partial charge < -0.3 is 19.3 Å². The van der Waals surface area contributed by atoms with Gasteiger partial charge in [0.25, 0.3) is 0 Å². The molecule has 7 heteroatoms. The number of nitrogens with zero attached hydrogens (tertiary/aromatic N) is 3. The molecule has 2 fully saturated rings. The molecule has 196 valence electrons.